The number of halogens is 1. The molecule has 0 heterocycles. The highest BCUT2D eigenvalue weighted by Gasteiger charge is 2.11. The largest absolute Gasteiger partial charge is 0.380 e. The van der Waals surface area contributed by atoms with Gasteiger partial charge < -0.3 is 15.4 Å². The highest BCUT2D eigenvalue weighted by atomic mass is 32.2. The number of ether oxygens (including phenoxy) is 1. The molecule has 0 bridgehead atoms. The Morgan fingerprint density at radius 3 is 2.25 bits per heavy atom. The molecule has 0 radical (unpaired) electrons. The molecule has 0 saturated carbocycles. The van der Waals surface area contributed by atoms with Crippen LogP contribution in [0, 0.1) is 12.7 Å². The van der Waals surface area contributed by atoms with Crippen molar-refractivity contribution in [3.8, 4) is 0 Å². The summed E-state index contributed by atoms with van der Waals surface area (Å²) in [4.78, 5) is 4.51. The van der Waals surface area contributed by atoms with Gasteiger partial charge in [0.25, 0.3) is 0 Å². The normalized spacial score (nSPS) is 12.1. The van der Waals surface area contributed by atoms with Gasteiger partial charge in [-0.05, 0) is 41.8 Å². The molecule has 2 aromatic carbocycles. The Morgan fingerprint density at radius 1 is 1.11 bits per heavy atom. The van der Waals surface area contributed by atoms with Crippen LogP contribution in [0.25, 0.3) is 0 Å². The van der Waals surface area contributed by atoms with Crippen molar-refractivity contribution >= 4 is 15.8 Å². The number of nitrogens with one attached hydrogen (secondary N) is 2. The molecule has 0 aliphatic carbocycles. The molecule has 2 aromatic rings. The molecule has 152 valence electrons. The number of benzene rings is 2. The lowest BCUT2D eigenvalue weighted by atomic mass is 10.1. The molecule has 28 heavy (non-hydrogen) atoms. The van der Waals surface area contributed by atoms with Gasteiger partial charge in [-0.2, -0.15) is 0 Å². The minimum atomic E-state index is -3.23. The van der Waals surface area contributed by atoms with Gasteiger partial charge in [0.15, 0.2) is 15.8 Å². The van der Waals surface area contributed by atoms with Gasteiger partial charge in [0.05, 0.1) is 11.5 Å². The third kappa shape index (κ3) is 6.03. The van der Waals surface area contributed by atoms with Gasteiger partial charge in [-0.1, -0.05) is 18.2 Å². The molecule has 0 saturated heterocycles. The van der Waals surface area contributed by atoms with E-state index < -0.39 is 9.84 Å². The molecule has 0 amide bonds. The first kappa shape index (κ1) is 21.8. The predicted molar refractivity (Wildman–Crippen MR) is 108 cm³/mol. The Kier molecular flexibility index (Phi) is 7.53. The molecule has 8 heteroatoms. The van der Waals surface area contributed by atoms with Crippen molar-refractivity contribution in [3.05, 3.63) is 64.5 Å². The lowest BCUT2D eigenvalue weighted by Crippen LogP contribution is -2.36. The van der Waals surface area contributed by atoms with E-state index in [1.807, 2.05) is 6.07 Å². The van der Waals surface area contributed by atoms with Crippen LogP contribution in [0.1, 0.15) is 22.3 Å². The Hall–Kier alpha value is -2.45. The summed E-state index contributed by atoms with van der Waals surface area (Å²) < 4.78 is 42.1. The first-order valence-electron chi connectivity index (χ1n) is 8.75. The second kappa shape index (κ2) is 9.66. The van der Waals surface area contributed by atoms with Crippen LogP contribution < -0.4 is 10.6 Å². The van der Waals surface area contributed by atoms with Gasteiger partial charge in [0, 0.05) is 39.1 Å². The standard InChI is InChI=1S/C20H26FN3O3S/c1-14-9-15(6-8-19(14)28(4,25)26)11-23-20(22-2)24-12-16-5-7-18(21)17(10-16)13-27-3/h5-10H,11-13H2,1-4H3,(H2,22,23,24). The van der Waals surface area contributed by atoms with Crippen LogP contribution in [0.5, 0.6) is 0 Å². The highest BCUT2D eigenvalue weighted by Crippen LogP contribution is 2.16. The van der Waals surface area contributed by atoms with Crippen LogP contribution in [0.3, 0.4) is 0 Å². The summed E-state index contributed by atoms with van der Waals surface area (Å²) in [7, 11) is -0.0393. The van der Waals surface area contributed by atoms with E-state index in [0.29, 0.717) is 35.1 Å². The number of hydrogen-bond donors (Lipinski definition) is 2. The second-order valence-electron chi connectivity index (χ2n) is 6.51. The van der Waals surface area contributed by atoms with E-state index in [1.54, 1.807) is 38.2 Å². The fraction of sp³-hybridized carbons (Fsp3) is 0.350. The summed E-state index contributed by atoms with van der Waals surface area (Å²) in [6.45, 7) is 2.96. The van der Waals surface area contributed by atoms with Crippen molar-refractivity contribution in [1.29, 1.82) is 0 Å². The number of hydrogen-bond acceptors (Lipinski definition) is 4. The molecule has 0 atom stereocenters. The molecule has 0 aliphatic heterocycles. The van der Waals surface area contributed by atoms with Crippen molar-refractivity contribution in [2.75, 3.05) is 20.4 Å². The number of guanidine groups is 1. The molecular weight excluding hydrogens is 381 g/mol. The number of aryl methyl sites for hydroxylation is 1. The molecule has 6 nitrogen and oxygen atoms in total. The van der Waals surface area contributed by atoms with Gasteiger partial charge in [-0.15, -0.1) is 0 Å². The lowest BCUT2D eigenvalue weighted by Gasteiger charge is -2.14. The van der Waals surface area contributed by atoms with E-state index >= 15 is 0 Å². The first-order valence-corrected chi connectivity index (χ1v) is 10.6. The Labute approximate surface area is 165 Å². The van der Waals surface area contributed by atoms with Crippen molar-refractivity contribution in [2.24, 2.45) is 4.99 Å². The quantitative estimate of drug-likeness (QED) is 0.545. The maximum atomic E-state index is 13.7. The molecule has 0 aromatic heterocycles. The van der Waals surface area contributed by atoms with Crippen LogP contribution in [0.2, 0.25) is 0 Å². The van der Waals surface area contributed by atoms with Crippen molar-refractivity contribution in [2.45, 2.75) is 31.5 Å². The third-order valence-electron chi connectivity index (χ3n) is 4.19. The smallest absolute Gasteiger partial charge is 0.191 e. The molecule has 2 N–H and O–H groups in total. The summed E-state index contributed by atoms with van der Waals surface area (Å²) in [5.41, 5.74) is 3.06. The van der Waals surface area contributed by atoms with Crippen LogP contribution in [-0.4, -0.2) is 34.8 Å². The molecule has 0 aliphatic rings. The fourth-order valence-electron chi connectivity index (χ4n) is 2.83. The van der Waals surface area contributed by atoms with E-state index in [1.165, 1.54) is 19.4 Å². The monoisotopic (exact) mass is 407 g/mol. The number of sulfone groups is 1. The topological polar surface area (TPSA) is 79.8 Å². The van der Waals surface area contributed by atoms with Gasteiger partial charge in [0.1, 0.15) is 5.82 Å². The van der Waals surface area contributed by atoms with E-state index in [0.717, 1.165) is 11.1 Å². The van der Waals surface area contributed by atoms with Gasteiger partial charge >= 0.3 is 0 Å². The average molecular weight is 408 g/mol. The second-order valence-corrected chi connectivity index (χ2v) is 8.49. The molecular formula is C20H26FN3O3S. The minimum Gasteiger partial charge on any atom is -0.380 e. The summed E-state index contributed by atoms with van der Waals surface area (Å²) in [5.74, 6) is 0.295. The molecule has 0 unspecified atom stereocenters. The number of methoxy groups -OCH3 is 1. The van der Waals surface area contributed by atoms with Gasteiger partial charge in [0.2, 0.25) is 0 Å². The molecule has 0 fully saturated rings. The van der Waals surface area contributed by atoms with Crippen molar-refractivity contribution < 1.29 is 17.5 Å². The average Bonchev–Trinajstić information content (AvgIpc) is 2.63. The number of rotatable bonds is 7. The Bertz CT molecular complexity index is 959. The number of aliphatic imine (C=N–C) groups is 1. The van der Waals surface area contributed by atoms with Crippen molar-refractivity contribution in [3.63, 3.8) is 0 Å². The summed E-state index contributed by atoms with van der Waals surface area (Å²) in [6.07, 6.45) is 1.20. The minimum absolute atomic E-state index is 0.218. The fourth-order valence-corrected chi connectivity index (χ4v) is 3.79. The van der Waals surface area contributed by atoms with Crippen LogP contribution in [0.4, 0.5) is 4.39 Å². The predicted octanol–water partition coefficient (Wildman–Crippen LogP) is 2.55. The zero-order chi connectivity index (χ0) is 20.7. The third-order valence-corrected chi connectivity index (χ3v) is 5.45. The Morgan fingerprint density at radius 2 is 1.71 bits per heavy atom. The first-order chi connectivity index (χ1) is 13.2. The highest BCUT2D eigenvalue weighted by molar-refractivity contribution is 7.90. The van der Waals surface area contributed by atoms with Crippen molar-refractivity contribution in [1.82, 2.24) is 10.6 Å². The van der Waals surface area contributed by atoms with E-state index in [-0.39, 0.29) is 12.4 Å². The summed E-state index contributed by atoms with van der Waals surface area (Å²) in [5, 5.41) is 6.36. The van der Waals surface area contributed by atoms with Crippen LogP contribution >= 0.6 is 0 Å². The summed E-state index contributed by atoms with van der Waals surface area (Å²) in [6, 6.07) is 10.1. The zero-order valence-electron chi connectivity index (χ0n) is 16.5. The van der Waals surface area contributed by atoms with Crippen LogP contribution in [0.15, 0.2) is 46.3 Å². The Balaban J connectivity index is 1.97. The zero-order valence-corrected chi connectivity index (χ0v) is 17.4. The van der Waals surface area contributed by atoms with Gasteiger partial charge in [-0.3, -0.25) is 4.99 Å². The van der Waals surface area contributed by atoms with Crippen LogP contribution in [-0.2, 0) is 34.3 Å². The lowest BCUT2D eigenvalue weighted by molar-refractivity contribution is 0.181. The maximum absolute atomic E-state index is 13.7. The number of nitrogens with zero attached hydrogens (tertiary/aromatic N) is 1. The van der Waals surface area contributed by atoms with E-state index in [9.17, 15) is 12.8 Å². The van der Waals surface area contributed by atoms with E-state index in [4.69, 9.17) is 4.74 Å². The molecule has 2 rings (SSSR count). The SMILES string of the molecule is CN=C(NCc1ccc(S(C)(=O)=O)c(C)c1)NCc1ccc(F)c(COC)c1. The maximum Gasteiger partial charge on any atom is 0.191 e. The van der Waals surface area contributed by atoms with Gasteiger partial charge in [-0.25, -0.2) is 12.8 Å². The summed E-state index contributed by atoms with van der Waals surface area (Å²) >= 11 is 0. The van der Waals surface area contributed by atoms with E-state index in [2.05, 4.69) is 15.6 Å². The molecule has 0 spiro atoms.